The van der Waals surface area contributed by atoms with Gasteiger partial charge in [0.1, 0.15) is 0 Å². The highest BCUT2D eigenvalue weighted by Crippen LogP contribution is 2.08. The van der Waals surface area contributed by atoms with Crippen LogP contribution in [0.3, 0.4) is 0 Å². The topological polar surface area (TPSA) is 40.5 Å². The SMILES string of the molecule is Cc1ccccc1/C=C/C(=O)N(C)CCCO. The number of aliphatic hydroxyl groups is 1. The number of aryl methyl sites for hydroxylation is 1. The molecule has 0 aliphatic heterocycles. The second kappa shape index (κ2) is 6.86. The molecule has 1 aromatic rings. The first kappa shape index (κ1) is 13.5. The smallest absolute Gasteiger partial charge is 0.246 e. The van der Waals surface area contributed by atoms with E-state index in [2.05, 4.69) is 0 Å². The number of benzene rings is 1. The molecule has 0 aliphatic rings. The largest absolute Gasteiger partial charge is 0.396 e. The average Bonchev–Trinajstić information content (AvgIpc) is 2.34. The molecule has 0 spiro atoms. The second-order valence-electron chi connectivity index (χ2n) is 4.03. The molecule has 3 nitrogen and oxygen atoms in total. The van der Waals surface area contributed by atoms with E-state index in [1.165, 1.54) is 0 Å². The minimum absolute atomic E-state index is 0.0401. The van der Waals surface area contributed by atoms with Crippen molar-refractivity contribution in [2.24, 2.45) is 0 Å². The number of carbonyl (C=O) groups excluding carboxylic acids is 1. The molecule has 0 aromatic heterocycles. The Hall–Kier alpha value is -1.61. The first-order chi connectivity index (χ1) is 8.15. The van der Waals surface area contributed by atoms with E-state index in [1.54, 1.807) is 18.0 Å². The van der Waals surface area contributed by atoms with Gasteiger partial charge in [0.15, 0.2) is 0 Å². The Morgan fingerprint density at radius 1 is 1.41 bits per heavy atom. The molecule has 0 aliphatic carbocycles. The van der Waals surface area contributed by atoms with Crippen LogP contribution in [0.1, 0.15) is 17.5 Å². The van der Waals surface area contributed by atoms with Crippen LogP contribution < -0.4 is 0 Å². The van der Waals surface area contributed by atoms with Crippen LogP contribution in [0, 0.1) is 6.92 Å². The highest BCUT2D eigenvalue weighted by molar-refractivity contribution is 5.91. The predicted octanol–water partition coefficient (Wildman–Crippen LogP) is 1.85. The van der Waals surface area contributed by atoms with E-state index < -0.39 is 0 Å². The van der Waals surface area contributed by atoms with Crippen molar-refractivity contribution >= 4 is 12.0 Å². The van der Waals surface area contributed by atoms with E-state index in [-0.39, 0.29) is 12.5 Å². The van der Waals surface area contributed by atoms with Gasteiger partial charge in [-0.3, -0.25) is 4.79 Å². The summed E-state index contributed by atoms with van der Waals surface area (Å²) in [4.78, 5) is 13.3. The molecule has 0 unspecified atom stereocenters. The molecular formula is C14H19NO2. The molecule has 0 fully saturated rings. The summed E-state index contributed by atoms with van der Waals surface area (Å²) in [6.07, 6.45) is 4.01. The molecule has 1 rings (SSSR count). The van der Waals surface area contributed by atoms with Gasteiger partial charge in [0.05, 0.1) is 0 Å². The van der Waals surface area contributed by atoms with Gasteiger partial charge in [-0.1, -0.05) is 24.3 Å². The van der Waals surface area contributed by atoms with E-state index in [9.17, 15) is 4.79 Å². The van der Waals surface area contributed by atoms with Crippen molar-refractivity contribution in [3.8, 4) is 0 Å². The number of aliphatic hydroxyl groups excluding tert-OH is 1. The fraction of sp³-hybridized carbons (Fsp3) is 0.357. The molecule has 3 heteroatoms. The summed E-state index contributed by atoms with van der Waals surface area (Å²) >= 11 is 0. The van der Waals surface area contributed by atoms with Gasteiger partial charge in [0.25, 0.3) is 0 Å². The molecule has 0 atom stereocenters. The number of hydrogen-bond acceptors (Lipinski definition) is 2. The Labute approximate surface area is 102 Å². The molecular weight excluding hydrogens is 214 g/mol. The van der Waals surface area contributed by atoms with Crippen LogP contribution in [-0.4, -0.2) is 36.1 Å². The van der Waals surface area contributed by atoms with Crippen LogP contribution >= 0.6 is 0 Å². The number of hydrogen-bond donors (Lipinski definition) is 1. The van der Waals surface area contributed by atoms with Crippen molar-refractivity contribution < 1.29 is 9.90 Å². The van der Waals surface area contributed by atoms with Crippen molar-refractivity contribution in [2.75, 3.05) is 20.2 Å². The lowest BCUT2D eigenvalue weighted by Crippen LogP contribution is -2.26. The summed E-state index contributed by atoms with van der Waals surface area (Å²) in [5.41, 5.74) is 2.20. The maximum atomic E-state index is 11.7. The van der Waals surface area contributed by atoms with Crippen molar-refractivity contribution in [3.05, 3.63) is 41.5 Å². The van der Waals surface area contributed by atoms with E-state index in [0.717, 1.165) is 11.1 Å². The normalized spacial score (nSPS) is 10.8. The first-order valence-corrected chi connectivity index (χ1v) is 5.75. The van der Waals surface area contributed by atoms with Crippen molar-refractivity contribution in [2.45, 2.75) is 13.3 Å². The number of rotatable bonds is 5. The van der Waals surface area contributed by atoms with Gasteiger partial charge in [0, 0.05) is 26.3 Å². The van der Waals surface area contributed by atoms with Gasteiger partial charge in [0.2, 0.25) is 5.91 Å². The molecule has 0 heterocycles. The van der Waals surface area contributed by atoms with Crippen LogP contribution in [-0.2, 0) is 4.79 Å². The third-order valence-corrected chi connectivity index (χ3v) is 2.62. The summed E-state index contributed by atoms with van der Waals surface area (Å²) in [5.74, 6) is -0.0401. The summed E-state index contributed by atoms with van der Waals surface area (Å²) in [7, 11) is 1.74. The van der Waals surface area contributed by atoms with Gasteiger partial charge in [-0.15, -0.1) is 0 Å². The van der Waals surface area contributed by atoms with Crippen LogP contribution in [0.5, 0.6) is 0 Å². The van der Waals surface area contributed by atoms with Gasteiger partial charge < -0.3 is 10.0 Å². The highest BCUT2D eigenvalue weighted by atomic mass is 16.3. The molecule has 17 heavy (non-hydrogen) atoms. The Morgan fingerprint density at radius 3 is 2.76 bits per heavy atom. The van der Waals surface area contributed by atoms with Crippen LogP contribution in [0.15, 0.2) is 30.3 Å². The van der Waals surface area contributed by atoms with Gasteiger partial charge >= 0.3 is 0 Å². The quantitative estimate of drug-likeness (QED) is 0.788. The molecule has 0 radical (unpaired) electrons. The van der Waals surface area contributed by atoms with Gasteiger partial charge in [-0.05, 0) is 30.5 Å². The molecule has 1 N–H and O–H groups in total. The van der Waals surface area contributed by atoms with E-state index in [1.807, 2.05) is 37.3 Å². The minimum atomic E-state index is -0.0401. The number of nitrogens with zero attached hydrogens (tertiary/aromatic N) is 1. The number of likely N-dealkylation sites (N-methyl/N-ethyl adjacent to an activating group) is 1. The monoisotopic (exact) mass is 233 g/mol. The lowest BCUT2D eigenvalue weighted by Gasteiger charge is -2.13. The predicted molar refractivity (Wildman–Crippen MR) is 69.6 cm³/mol. The standard InChI is InChI=1S/C14H19NO2/c1-12-6-3-4-7-13(12)8-9-14(17)15(2)10-5-11-16/h3-4,6-9,16H,5,10-11H2,1-2H3/b9-8+. The highest BCUT2D eigenvalue weighted by Gasteiger charge is 2.03. The van der Waals surface area contributed by atoms with E-state index >= 15 is 0 Å². The fourth-order valence-electron chi connectivity index (χ4n) is 1.48. The molecule has 1 aromatic carbocycles. The van der Waals surface area contributed by atoms with Crippen molar-refractivity contribution in [1.82, 2.24) is 4.90 Å². The fourth-order valence-corrected chi connectivity index (χ4v) is 1.48. The molecule has 0 bridgehead atoms. The second-order valence-corrected chi connectivity index (χ2v) is 4.03. The lowest BCUT2D eigenvalue weighted by atomic mass is 10.1. The molecule has 92 valence electrons. The first-order valence-electron chi connectivity index (χ1n) is 5.75. The lowest BCUT2D eigenvalue weighted by molar-refractivity contribution is -0.124. The molecule has 1 amide bonds. The Kier molecular flexibility index (Phi) is 5.43. The van der Waals surface area contributed by atoms with E-state index in [0.29, 0.717) is 13.0 Å². The van der Waals surface area contributed by atoms with Crippen LogP contribution in [0.25, 0.3) is 6.08 Å². The van der Waals surface area contributed by atoms with Crippen LogP contribution in [0.4, 0.5) is 0 Å². The Bertz CT molecular complexity index is 399. The van der Waals surface area contributed by atoms with E-state index in [4.69, 9.17) is 5.11 Å². The number of carbonyl (C=O) groups is 1. The van der Waals surface area contributed by atoms with Crippen molar-refractivity contribution in [3.63, 3.8) is 0 Å². The zero-order valence-electron chi connectivity index (χ0n) is 10.4. The summed E-state index contributed by atoms with van der Waals surface area (Å²) in [6.45, 7) is 2.70. The van der Waals surface area contributed by atoms with Crippen molar-refractivity contribution in [1.29, 1.82) is 0 Å². The summed E-state index contributed by atoms with van der Waals surface area (Å²) in [6, 6.07) is 7.92. The third kappa shape index (κ3) is 4.41. The Morgan fingerprint density at radius 2 is 2.12 bits per heavy atom. The zero-order chi connectivity index (χ0) is 12.7. The van der Waals surface area contributed by atoms with Gasteiger partial charge in [-0.2, -0.15) is 0 Å². The minimum Gasteiger partial charge on any atom is -0.396 e. The Balaban J connectivity index is 2.59. The number of amides is 1. The molecule has 0 saturated carbocycles. The maximum Gasteiger partial charge on any atom is 0.246 e. The average molecular weight is 233 g/mol. The summed E-state index contributed by atoms with van der Waals surface area (Å²) in [5, 5.41) is 8.69. The van der Waals surface area contributed by atoms with Crippen LogP contribution in [0.2, 0.25) is 0 Å². The summed E-state index contributed by atoms with van der Waals surface area (Å²) < 4.78 is 0. The van der Waals surface area contributed by atoms with Gasteiger partial charge in [-0.25, -0.2) is 0 Å². The molecule has 0 saturated heterocycles. The third-order valence-electron chi connectivity index (χ3n) is 2.62. The zero-order valence-corrected chi connectivity index (χ0v) is 10.4. The maximum absolute atomic E-state index is 11.7.